The molecule has 0 bridgehead atoms. The van der Waals surface area contributed by atoms with Gasteiger partial charge in [-0.05, 0) is 60.5 Å². The zero-order valence-corrected chi connectivity index (χ0v) is 16.4. The van der Waals surface area contributed by atoms with Crippen molar-refractivity contribution < 1.29 is 23.7 Å². The second kappa shape index (κ2) is 7.02. The zero-order valence-electron chi connectivity index (χ0n) is 15.6. The van der Waals surface area contributed by atoms with E-state index in [1.807, 2.05) is 39.5 Å². The average molecular weight is 362 g/mol. The zero-order chi connectivity index (χ0) is 17.5. The molecule has 3 saturated heterocycles. The predicted molar refractivity (Wildman–Crippen MR) is 93.0 cm³/mol. The lowest BCUT2D eigenvalue weighted by Crippen LogP contribution is -2.56. The van der Waals surface area contributed by atoms with Crippen molar-refractivity contribution in [3.63, 3.8) is 0 Å². The number of fused-ring (bicyclic) bond motifs is 3. The molecular formula is C17H31NO5S. The maximum Gasteiger partial charge on any atom is 0.190 e. The Morgan fingerprint density at radius 1 is 0.875 bits per heavy atom. The van der Waals surface area contributed by atoms with Crippen molar-refractivity contribution in [3.8, 4) is 0 Å². The van der Waals surface area contributed by atoms with Crippen LogP contribution in [0.4, 0.5) is 0 Å². The first-order valence-electron chi connectivity index (χ1n) is 8.76. The quantitative estimate of drug-likeness (QED) is 0.671. The predicted octanol–water partition coefficient (Wildman–Crippen LogP) is 2.07. The molecule has 5 atom stereocenters. The topological polar surface area (TPSA) is 49.4 Å². The van der Waals surface area contributed by atoms with E-state index in [4.69, 9.17) is 23.7 Å². The molecule has 0 aromatic carbocycles. The molecule has 3 aliphatic rings. The van der Waals surface area contributed by atoms with Gasteiger partial charge in [0.25, 0.3) is 0 Å². The van der Waals surface area contributed by atoms with Crippen LogP contribution in [0.25, 0.3) is 0 Å². The van der Waals surface area contributed by atoms with Crippen LogP contribution in [0, 0.1) is 0 Å². The number of nitrogens with zero attached hydrogens (tertiary/aromatic N) is 1. The van der Waals surface area contributed by atoms with Gasteiger partial charge in [0.2, 0.25) is 0 Å². The molecule has 0 radical (unpaired) electrons. The van der Waals surface area contributed by atoms with E-state index in [1.54, 1.807) is 0 Å². The van der Waals surface area contributed by atoms with Gasteiger partial charge >= 0.3 is 0 Å². The van der Waals surface area contributed by atoms with E-state index < -0.39 is 11.6 Å². The lowest BCUT2D eigenvalue weighted by atomic mass is 10.0. The summed E-state index contributed by atoms with van der Waals surface area (Å²) >= 11 is 1.91. The van der Waals surface area contributed by atoms with Gasteiger partial charge in [0.15, 0.2) is 17.9 Å². The summed E-state index contributed by atoms with van der Waals surface area (Å²) in [5.74, 6) is 0.751. The highest BCUT2D eigenvalue weighted by Gasteiger charge is 2.60. The van der Waals surface area contributed by atoms with E-state index in [-0.39, 0.29) is 30.7 Å². The van der Waals surface area contributed by atoms with E-state index in [1.165, 1.54) is 6.42 Å². The molecule has 7 heteroatoms. The highest BCUT2D eigenvalue weighted by molar-refractivity contribution is 7.99. The van der Waals surface area contributed by atoms with E-state index in [0.717, 1.165) is 18.1 Å². The molecule has 0 aliphatic carbocycles. The second-order valence-electron chi connectivity index (χ2n) is 7.94. The van der Waals surface area contributed by atoms with Crippen LogP contribution in [0.1, 0.15) is 34.1 Å². The summed E-state index contributed by atoms with van der Waals surface area (Å²) in [7, 11) is 4.21. The van der Waals surface area contributed by atoms with Gasteiger partial charge in [0.1, 0.15) is 18.3 Å². The van der Waals surface area contributed by atoms with E-state index in [9.17, 15) is 0 Å². The summed E-state index contributed by atoms with van der Waals surface area (Å²) in [4.78, 5) is 2.21. The fourth-order valence-corrected chi connectivity index (χ4v) is 4.53. The summed E-state index contributed by atoms with van der Waals surface area (Å²) < 4.78 is 30.2. The van der Waals surface area contributed by atoms with Crippen LogP contribution in [0.15, 0.2) is 0 Å². The van der Waals surface area contributed by atoms with Crippen LogP contribution in [-0.2, 0) is 23.7 Å². The second-order valence-corrected chi connectivity index (χ2v) is 9.09. The first-order chi connectivity index (χ1) is 11.2. The van der Waals surface area contributed by atoms with Crippen molar-refractivity contribution in [1.82, 2.24) is 4.90 Å². The first kappa shape index (κ1) is 18.9. The third-order valence-electron chi connectivity index (χ3n) is 4.42. The Hall–Kier alpha value is 0.110. The summed E-state index contributed by atoms with van der Waals surface area (Å²) in [5, 5.41) is 0. The minimum Gasteiger partial charge on any atom is -0.344 e. The Morgan fingerprint density at radius 2 is 1.54 bits per heavy atom. The van der Waals surface area contributed by atoms with Crippen LogP contribution in [0.2, 0.25) is 0 Å². The molecule has 140 valence electrons. The maximum atomic E-state index is 6.14. The van der Waals surface area contributed by atoms with Crippen LogP contribution < -0.4 is 0 Å². The maximum absolute atomic E-state index is 6.14. The van der Waals surface area contributed by atoms with Gasteiger partial charge in [-0.2, -0.15) is 11.8 Å². The molecular weight excluding hydrogens is 330 g/mol. The van der Waals surface area contributed by atoms with Crippen molar-refractivity contribution >= 4 is 11.8 Å². The molecule has 3 aliphatic heterocycles. The number of ether oxygens (including phenoxy) is 5. The van der Waals surface area contributed by atoms with Crippen molar-refractivity contribution in [1.29, 1.82) is 0 Å². The fraction of sp³-hybridized carbons (Fsp3) is 1.00. The Kier molecular flexibility index (Phi) is 5.53. The Labute approximate surface area is 149 Å². The van der Waals surface area contributed by atoms with E-state index >= 15 is 0 Å². The molecule has 6 nitrogen and oxygen atoms in total. The Morgan fingerprint density at radius 3 is 2.25 bits per heavy atom. The van der Waals surface area contributed by atoms with Crippen LogP contribution in [0.3, 0.4) is 0 Å². The standard InChI is InChI=1S/C17H31NO5S/c1-16(2)20-11(10-24-9-7-8-18(5)6)12-13(21-16)14-15(19-12)23-17(3,4)22-14/h11-15H,7-10H2,1-6H3/t11-,12+,13-,14+,15+/m0/s1. The molecule has 24 heavy (non-hydrogen) atoms. The average Bonchev–Trinajstić information content (AvgIpc) is 2.90. The summed E-state index contributed by atoms with van der Waals surface area (Å²) in [6, 6.07) is 0. The van der Waals surface area contributed by atoms with E-state index in [0.29, 0.717) is 0 Å². The molecule has 0 unspecified atom stereocenters. The van der Waals surface area contributed by atoms with Gasteiger partial charge in [-0.3, -0.25) is 0 Å². The SMILES string of the molecule is CN(C)CCCSC[C@@H]1OC(C)(C)O[C@@H]2[C@H]3OC(C)(C)O[C@H]3O[C@@H]21. The minimum atomic E-state index is -0.635. The normalized spacial score (nSPS) is 39.9. The minimum absolute atomic E-state index is 0.0102. The Bertz CT molecular complexity index is 445. The van der Waals surface area contributed by atoms with Crippen molar-refractivity contribution in [2.24, 2.45) is 0 Å². The van der Waals surface area contributed by atoms with Crippen molar-refractivity contribution in [2.45, 2.75) is 76.4 Å². The van der Waals surface area contributed by atoms with Gasteiger partial charge in [-0.15, -0.1) is 0 Å². The Balaban J connectivity index is 1.57. The third-order valence-corrected chi connectivity index (χ3v) is 5.57. The lowest BCUT2D eigenvalue weighted by molar-refractivity contribution is -0.339. The van der Waals surface area contributed by atoms with E-state index in [2.05, 4.69) is 19.0 Å². The van der Waals surface area contributed by atoms with Crippen LogP contribution in [0.5, 0.6) is 0 Å². The highest BCUT2D eigenvalue weighted by Crippen LogP contribution is 2.44. The molecule has 0 N–H and O–H groups in total. The molecule has 0 spiro atoms. The first-order valence-corrected chi connectivity index (χ1v) is 9.91. The molecule has 3 heterocycles. The van der Waals surface area contributed by atoms with Gasteiger partial charge in [0.05, 0.1) is 6.10 Å². The number of thioether (sulfide) groups is 1. The smallest absolute Gasteiger partial charge is 0.190 e. The number of hydrogen-bond acceptors (Lipinski definition) is 7. The number of hydrogen-bond donors (Lipinski definition) is 0. The summed E-state index contributed by atoms with van der Waals surface area (Å²) in [6.45, 7) is 8.84. The molecule has 0 saturated carbocycles. The monoisotopic (exact) mass is 361 g/mol. The molecule has 3 fully saturated rings. The molecule has 0 amide bonds. The highest BCUT2D eigenvalue weighted by atomic mass is 32.2. The van der Waals surface area contributed by atoms with Crippen LogP contribution in [-0.4, -0.2) is 79.3 Å². The van der Waals surface area contributed by atoms with Gasteiger partial charge < -0.3 is 28.6 Å². The third kappa shape index (κ3) is 4.26. The molecule has 0 aromatic rings. The largest absolute Gasteiger partial charge is 0.344 e. The molecule has 3 rings (SSSR count). The lowest BCUT2D eigenvalue weighted by Gasteiger charge is -2.43. The van der Waals surface area contributed by atoms with Gasteiger partial charge in [-0.1, -0.05) is 0 Å². The fourth-order valence-electron chi connectivity index (χ4n) is 3.54. The summed E-state index contributed by atoms with van der Waals surface area (Å²) in [5.41, 5.74) is 0. The van der Waals surface area contributed by atoms with Gasteiger partial charge in [-0.25, -0.2) is 0 Å². The summed E-state index contributed by atoms with van der Waals surface area (Å²) in [6.07, 6.45) is 0.329. The number of rotatable bonds is 6. The van der Waals surface area contributed by atoms with Crippen molar-refractivity contribution in [3.05, 3.63) is 0 Å². The van der Waals surface area contributed by atoms with Crippen molar-refractivity contribution in [2.75, 3.05) is 32.1 Å². The molecule has 0 aromatic heterocycles. The van der Waals surface area contributed by atoms with Crippen LogP contribution >= 0.6 is 11.8 Å². The van der Waals surface area contributed by atoms with Gasteiger partial charge in [0, 0.05) is 5.75 Å².